The lowest BCUT2D eigenvalue weighted by Gasteiger charge is -2.10. The van der Waals surface area contributed by atoms with E-state index >= 15 is 0 Å². The monoisotopic (exact) mass is 541 g/mol. The Hall–Kier alpha value is -2.03. The van der Waals surface area contributed by atoms with E-state index in [0.29, 0.717) is 21.4 Å². The number of hydrogen-bond acceptors (Lipinski definition) is 3. The number of benzene rings is 2. The number of carbonyl (C=O) groups excluding carboxylic acids is 1. The maximum atomic E-state index is 12.3. The number of nitrogens with one attached hydrogen (secondary N) is 1. The van der Waals surface area contributed by atoms with E-state index in [1.165, 1.54) is 0 Å². The summed E-state index contributed by atoms with van der Waals surface area (Å²) in [5, 5.41) is 5.11. The van der Waals surface area contributed by atoms with Gasteiger partial charge in [0.15, 0.2) is 0 Å². The molecule has 0 aliphatic carbocycles. The van der Waals surface area contributed by atoms with E-state index in [-0.39, 0.29) is 5.91 Å². The van der Waals surface area contributed by atoms with Gasteiger partial charge in [-0.3, -0.25) is 4.79 Å². The van der Waals surface area contributed by atoms with Crippen LogP contribution in [0.25, 0.3) is 5.69 Å². The predicted molar refractivity (Wildman–Crippen MR) is 126 cm³/mol. The van der Waals surface area contributed by atoms with Gasteiger partial charge in [-0.2, -0.15) is 5.10 Å². The van der Waals surface area contributed by atoms with Crippen molar-refractivity contribution in [3.05, 3.63) is 78.6 Å². The Balaban J connectivity index is 1.79. The zero-order valence-corrected chi connectivity index (χ0v) is 19.6. The van der Waals surface area contributed by atoms with Crippen LogP contribution in [0.4, 0.5) is 0 Å². The highest BCUT2D eigenvalue weighted by Gasteiger charge is 2.12. The molecule has 1 amide bonds. The van der Waals surface area contributed by atoms with Gasteiger partial charge in [-0.15, -0.1) is 0 Å². The Morgan fingerprint density at radius 1 is 1.14 bits per heavy atom. The average Bonchev–Trinajstić information content (AvgIpc) is 2.97. The van der Waals surface area contributed by atoms with Crippen molar-refractivity contribution < 1.29 is 9.53 Å². The van der Waals surface area contributed by atoms with E-state index in [2.05, 4.69) is 37.7 Å². The lowest BCUT2D eigenvalue weighted by Crippen LogP contribution is -2.17. The van der Waals surface area contributed by atoms with Crippen LogP contribution in [0.5, 0.6) is 5.75 Å². The normalized spacial score (nSPS) is 11.1. The molecule has 0 radical (unpaired) electrons. The van der Waals surface area contributed by atoms with Gasteiger partial charge in [0.05, 0.1) is 26.9 Å². The van der Waals surface area contributed by atoms with Crippen molar-refractivity contribution in [2.75, 3.05) is 7.11 Å². The van der Waals surface area contributed by atoms with Crippen molar-refractivity contribution in [3.8, 4) is 11.4 Å². The first kappa shape index (κ1) is 21.7. The molecule has 29 heavy (non-hydrogen) atoms. The molecule has 0 spiro atoms. The topological polar surface area (TPSA) is 55.6 Å². The summed E-state index contributed by atoms with van der Waals surface area (Å²) >= 11 is 14.3. The number of rotatable bonds is 5. The molecule has 0 saturated heterocycles. The van der Waals surface area contributed by atoms with E-state index in [1.54, 1.807) is 31.5 Å². The number of aryl methyl sites for hydroxylation is 1. The van der Waals surface area contributed by atoms with Crippen molar-refractivity contribution in [3.63, 3.8) is 0 Å². The Bertz CT molecular complexity index is 1110. The minimum Gasteiger partial charge on any atom is -0.496 e. The number of methoxy groups -OCH3 is 1. The molecule has 0 aliphatic heterocycles. The van der Waals surface area contributed by atoms with Crippen LogP contribution in [0.1, 0.15) is 27.3 Å². The third-order valence-electron chi connectivity index (χ3n) is 4.41. The Kier molecular flexibility index (Phi) is 6.87. The first-order valence-corrected chi connectivity index (χ1v) is 10.5. The molecule has 1 heterocycles. The second kappa shape index (κ2) is 9.19. The van der Waals surface area contributed by atoms with E-state index in [9.17, 15) is 4.79 Å². The fourth-order valence-corrected chi connectivity index (χ4v) is 3.81. The standard InChI is InChI=1S/C21H18Cl2IN3O2/c1-12-8-15(13(2)27(12)16-5-6-17(22)18(23)10-16)11-25-26-21(28)14-4-7-19(24)20(9-14)29-3/h4-11H,1-3H3,(H,26,28)/b25-11+. The molecule has 3 aromatic rings. The summed E-state index contributed by atoms with van der Waals surface area (Å²) in [5.74, 6) is 0.335. The largest absolute Gasteiger partial charge is 0.496 e. The van der Waals surface area contributed by atoms with E-state index in [0.717, 1.165) is 26.2 Å². The molecule has 0 bridgehead atoms. The summed E-state index contributed by atoms with van der Waals surface area (Å²) in [7, 11) is 1.57. The highest BCUT2D eigenvalue weighted by Crippen LogP contribution is 2.27. The predicted octanol–water partition coefficient (Wildman–Crippen LogP) is 5.78. The molecule has 2 aromatic carbocycles. The Labute approximate surface area is 192 Å². The van der Waals surface area contributed by atoms with Gasteiger partial charge >= 0.3 is 0 Å². The Morgan fingerprint density at radius 2 is 1.90 bits per heavy atom. The van der Waals surface area contributed by atoms with Gasteiger partial charge in [-0.1, -0.05) is 23.2 Å². The van der Waals surface area contributed by atoms with Crippen LogP contribution in [0, 0.1) is 17.4 Å². The SMILES string of the molecule is COc1cc(C(=O)N/N=C/c2cc(C)n(-c3ccc(Cl)c(Cl)c3)c2C)ccc1I. The molecule has 8 heteroatoms. The van der Waals surface area contributed by atoms with Crippen molar-refractivity contribution in [1.82, 2.24) is 9.99 Å². The maximum absolute atomic E-state index is 12.3. The van der Waals surface area contributed by atoms with Gasteiger partial charge in [0.25, 0.3) is 5.91 Å². The van der Waals surface area contributed by atoms with Gasteiger partial charge in [-0.05, 0) is 78.9 Å². The van der Waals surface area contributed by atoms with Gasteiger partial charge < -0.3 is 9.30 Å². The van der Waals surface area contributed by atoms with Crippen LogP contribution in [0.3, 0.4) is 0 Å². The van der Waals surface area contributed by atoms with Crippen LogP contribution >= 0.6 is 45.8 Å². The zero-order valence-electron chi connectivity index (χ0n) is 16.0. The van der Waals surface area contributed by atoms with E-state index in [1.807, 2.05) is 38.1 Å². The number of carbonyl (C=O) groups is 1. The molecule has 0 fully saturated rings. The lowest BCUT2D eigenvalue weighted by molar-refractivity contribution is 0.0954. The summed E-state index contributed by atoms with van der Waals surface area (Å²) in [6.45, 7) is 3.96. The van der Waals surface area contributed by atoms with Gasteiger partial charge in [-0.25, -0.2) is 5.43 Å². The summed E-state index contributed by atoms with van der Waals surface area (Å²) in [4.78, 5) is 12.3. The fourth-order valence-electron chi connectivity index (χ4n) is 2.97. The first-order valence-electron chi connectivity index (χ1n) is 8.63. The minimum absolute atomic E-state index is 0.311. The molecule has 5 nitrogen and oxygen atoms in total. The molecule has 0 unspecified atom stereocenters. The minimum atomic E-state index is -0.311. The summed E-state index contributed by atoms with van der Waals surface area (Å²) in [6, 6.07) is 12.7. The second-order valence-electron chi connectivity index (χ2n) is 6.31. The molecule has 1 N–H and O–H groups in total. The van der Waals surface area contributed by atoms with Crippen molar-refractivity contribution in [2.45, 2.75) is 13.8 Å². The number of halogens is 3. The highest BCUT2D eigenvalue weighted by atomic mass is 127. The number of hydrazone groups is 1. The van der Waals surface area contributed by atoms with Gasteiger partial charge in [0.2, 0.25) is 0 Å². The van der Waals surface area contributed by atoms with E-state index < -0.39 is 0 Å². The molecular weight excluding hydrogens is 524 g/mol. The number of aromatic nitrogens is 1. The smallest absolute Gasteiger partial charge is 0.271 e. The zero-order chi connectivity index (χ0) is 21.1. The third-order valence-corrected chi connectivity index (χ3v) is 6.04. The first-order chi connectivity index (χ1) is 13.8. The molecule has 0 aliphatic rings. The number of nitrogens with zero attached hydrogens (tertiary/aromatic N) is 2. The van der Waals surface area contributed by atoms with Crippen LogP contribution in [0.15, 0.2) is 47.6 Å². The molecular formula is C21H18Cl2IN3O2. The molecule has 3 rings (SSSR count). The van der Waals surface area contributed by atoms with Crippen molar-refractivity contribution >= 4 is 57.9 Å². The average molecular weight is 542 g/mol. The van der Waals surface area contributed by atoms with Crippen LogP contribution in [0.2, 0.25) is 10.0 Å². The Morgan fingerprint density at radius 3 is 2.59 bits per heavy atom. The maximum Gasteiger partial charge on any atom is 0.271 e. The molecule has 1 aromatic heterocycles. The number of ether oxygens (including phenoxy) is 1. The van der Waals surface area contributed by atoms with Crippen molar-refractivity contribution in [1.29, 1.82) is 0 Å². The fraction of sp³-hybridized carbons (Fsp3) is 0.143. The second-order valence-corrected chi connectivity index (χ2v) is 8.29. The van der Waals surface area contributed by atoms with Crippen LogP contribution in [-0.2, 0) is 0 Å². The summed E-state index contributed by atoms with van der Waals surface area (Å²) in [5.41, 5.74) is 6.80. The van der Waals surface area contributed by atoms with Crippen LogP contribution < -0.4 is 10.2 Å². The summed E-state index contributed by atoms with van der Waals surface area (Å²) < 4.78 is 8.23. The van der Waals surface area contributed by atoms with Crippen molar-refractivity contribution in [2.24, 2.45) is 5.10 Å². The molecule has 0 atom stereocenters. The third kappa shape index (κ3) is 4.76. The lowest BCUT2D eigenvalue weighted by atomic mass is 10.2. The summed E-state index contributed by atoms with van der Waals surface area (Å²) in [6.07, 6.45) is 1.62. The highest BCUT2D eigenvalue weighted by molar-refractivity contribution is 14.1. The molecule has 150 valence electrons. The molecule has 0 saturated carbocycles. The van der Waals surface area contributed by atoms with E-state index in [4.69, 9.17) is 27.9 Å². The van der Waals surface area contributed by atoms with Crippen LogP contribution in [-0.4, -0.2) is 23.8 Å². The van der Waals surface area contributed by atoms with Gasteiger partial charge in [0, 0.05) is 28.2 Å². The number of hydrogen-bond donors (Lipinski definition) is 1. The quantitative estimate of drug-likeness (QED) is 0.253. The number of amides is 1. The van der Waals surface area contributed by atoms with Gasteiger partial charge in [0.1, 0.15) is 5.75 Å².